The quantitative estimate of drug-likeness (QED) is 0.457. The van der Waals surface area contributed by atoms with Gasteiger partial charge in [0, 0.05) is 11.6 Å². The van der Waals surface area contributed by atoms with Gasteiger partial charge in [0.1, 0.15) is 27.9 Å². The zero-order chi connectivity index (χ0) is 20.0. The molecule has 0 amide bonds. The number of methoxy groups -OCH3 is 2. The van der Waals surface area contributed by atoms with E-state index in [1.54, 1.807) is 0 Å². The van der Waals surface area contributed by atoms with Crippen molar-refractivity contribution < 1.29 is 33.0 Å². The lowest BCUT2D eigenvalue weighted by molar-refractivity contribution is -0.138. The highest BCUT2D eigenvalue weighted by molar-refractivity contribution is 7.18. The van der Waals surface area contributed by atoms with E-state index in [0.717, 1.165) is 17.4 Å². The number of rotatable bonds is 6. The van der Waals surface area contributed by atoms with Gasteiger partial charge in [-0.25, -0.2) is 18.8 Å². The zero-order valence-electron chi connectivity index (χ0n) is 14.5. The third-order valence-corrected chi connectivity index (χ3v) is 4.48. The largest absolute Gasteiger partial charge is 0.465 e. The van der Waals surface area contributed by atoms with Crippen LogP contribution >= 0.6 is 11.3 Å². The third kappa shape index (κ3) is 4.91. The normalized spacial score (nSPS) is 10.6. The van der Waals surface area contributed by atoms with Gasteiger partial charge in [-0.3, -0.25) is 0 Å². The second-order valence-electron chi connectivity index (χ2n) is 5.12. The maximum absolute atomic E-state index is 12.9. The zero-order valence-corrected chi connectivity index (χ0v) is 15.3. The van der Waals surface area contributed by atoms with E-state index in [2.05, 4.69) is 9.47 Å². The van der Waals surface area contributed by atoms with E-state index < -0.39 is 23.7 Å². The first-order chi connectivity index (χ1) is 12.9. The SMILES string of the molecule is COC(=O)c1sc(N)c(C(=O)OC)c1COC(=O)/C=C/c1ccc(F)cc1. The van der Waals surface area contributed by atoms with Crippen molar-refractivity contribution in [2.24, 2.45) is 0 Å². The van der Waals surface area contributed by atoms with Crippen LogP contribution in [0.5, 0.6) is 0 Å². The lowest BCUT2D eigenvalue weighted by Gasteiger charge is -2.06. The smallest absolute Gasteiger partial charge is 0.348 e. The van der Waals surface area contributed by atoms with Gasteiger partial charge in [-0.2, -0.15) is 0 Å². The van der Waals surface area contributed by atoms with Crippen LogP contribution in [0.1, 0.15) is 31.2 Å². The number of carbonyl (C=O) groups is 3. The minimum absolute atomic E-state index is 0.0433. The van der Waals surface area contributed by atoms with Gasteiger partial charge in [0.2, 0.25) is 0 Å². The van der Waals surface area contributed by atoms with Crippen LogP contribution in [-0.4, -0.2) is 32.1 Å². The number of nitrogens with two attached hydrogens (primary N) is 1. The van der Waals surface area contributed by atoms with Crippen molar-refractivity contribution in [3.05, 3.63) is 57.7 Å². The lowest BCUT2D eigenvalue weighted by atomic mass is 10.1. The van der Waals surface area contributed by atoms with E-state index in [4.69, 9.17) is 10.5 Å². The summed E-state index contributed by atoms with van der Waals surface area (Å²) < 4.78 is 27.3. The molecule has 0 spiro atoms. The molecule has 1 aromatic carbocycles. The molecule has 0 saturated carbocycles. The molecule has 0 radical (unpaired) electrons. The van der Waals surface area contributed by atoms with Crippen LogP contribution in [-0.2, 0) is 25.6 Å². The first-order valence-electron chi connectivity index (χ1n) is 7.55. The summed E-state index contributed by atoms with van der Waals surface area (Å²) in [7, 11) is 2.34. The van der Waals surface area contributed by atoms with Gasteiger partial charge in [0.05, 0.1) is 14.2 Å². The molecule has 2 rings (SSSR count). The van der Waals surface area contributed by atoms with Gasteiger partial charge in [-0.1, -0.05) is 12.1 Å². The number of nitrogen functional groups attached to an aromatic ring is 1. The fraction of sp³-hybridized carbons (Fsp3) is 0.167. The molecule has 0 aliphatic heterocycles. The first kappa shape index (κ1) is 20.1. The average molecular weight is 393 g/mol. The van der Waals surface area contributed by atoms with Crippen molar-refractivity contribution in [1.29, 1.82) is 0 Å². The number of benzene rings is 1. The van der Waals surface area contributed by atoms with E-state index in [1.807, 2.05) is 0 Å². The van der Waals surface area contributed by atoms with E-state index in [-0.39, 0.29) is 27.6 Å². The lowest BCUT2D eigenvalue weighted by Crippen LogP contribution is -2.11. The van der Waals surface area contributed by atoms with Crippen LogP contribution < -0.4 is 5.73 Å². The minimum Gasteiger partial charge on any atom is -0.465 e. The standard InChI is InChI=1S/C18H16FNO6S/c1-24-17(22)14-12(15(18(23)25-2)27-16(14)20)9-26-13(21)8-5-10-3-6-11(19)7-4-10/h3-8H,9,20H2,1-2H3/b8-5+. The summed E-state index contributed by atoms with van der Waals surface area (Å²) in [6.45, 7) is -0.380. The summed E-state index contributed by atoms with van der Waals surface area (Å²) in [4.78, 5) is 35.8. The van der Waals surface area contributed by atoms with Gasteiger partial charge in [-0.05, 0) is 23.8 Å². The highest BCUT2D eigenvalue weighted by Gasteiger charge is 2.27. The minimum atomic E-state index is -0.758. The number of hydrogen-bond donors (Lipinski definition) is 1. The van der Waals surface area contributed by atoms with Crippen LogP contribution in [0.25, 0.3) is 6.08 Å². The molecule has 0 fully saturated rings. The molecule has 0 saturated heterocycles. The highest BCUT2D eigenvalue weighted by atomic mass is 32.1. The summed E-state index contributed by atoms with van der Waals surface area (Å²) >= 11 is 0.838. The van der Waals surface area contributed by atoms with Gasteiger partial charge in [-0.15, -0.1) is 11.3 Å². The van der Waals surface area contributed by atoms with Crippen molar-refractivity contribution in [2.75, 3.05) is 20.0 Å². The number of esters is 3. The summed E-state index contributed by atoms with van der Waals surface area (Å²) in [6.07, 6.45) is 2.57. The highest BCUT2D eigenvalue weighted by Crippen LogP contribution is 2.33. The van der Waals surface area contributed by atoms with Crippen LogP contribution in [0.3, 0.4) is 0 Å². The summed E-state index contributed by atoms with van der Waals surface area (Å²) in [6, 6.07) is 5.49. The predicted octanol–water partition coefficient (Wildman–Crippen LogP) is 2.80. The Labute approximate surface area is 158 Å². The Bertz CT molecular complexity index is 888. The van der Waals surface area contributed by atoms with E-state index in [0.29, 0.717) is 5.56 Å². The number of ether oxygens (including phenoxy) is 3. The summed E-state index contributed by atoms with van der Waals surface area (Å²) in [5.74, 6) is -2.59. The van der Waals surface area contributed by atoms with Crippen LogP contribution in [0.2, 0.25) is 0 Å². The molecule has 0 aliphatic rings. The molecule has 0 atom stereocenters. The Morgan fingerprint density at radius 2 is 1.74 bits per heavy atom. The Morgan fingerprint density at radius 3 is 2.33 bits per heavy atom. The fourth-order valence-electron chi connectivity index (χ4n) is 2.14. The molecule has 0 bridgehead atoms. The van der Waals surface area contributed by atoms with E-state index >= 15 is 0 Å². The molecule has 0 aliphatic carbocycles. The fourth-order valence-corrected chi connectivity index (χ4v) is 3.11. The van der Waals surface area contributed by atoms with Crippen molar-refractivity contribution in [3.63, 3.8) is 0 Å². The van der Waals surface area contributed by atoms with Crippen molar-refractivity contribution in [2.45, 2.75) is 6.61 Å². The molecule has 27 heavy (non-hydrogen) atoms. The molecular formula is C18H16FNO6S. The van der Waals surface area contributed by atoms with Gasteiger partial charge in [0.15, 0.2) is 0 Å². The number of halogens is 1. The summed E-state index contributed by atoms with van der Waals surface area (Å²) in [5.41, 5.74) is 6.45. The molecule has 142 valence electrons. The maximum atomic E-state index is 12.9. The predicted molar refractivity (Wildman–Crippen MR) is 96.6 cm³/mol. The topological polar surface area (TPSA) is 105 Å². The molecule has 2 N–H and O–H groups in total. The molecule has 0 unspecified atom stereocenters. The molecule has 7 nitrogen and oxygen atoms in total. The molecule has 1 heterocycles. The third-order valence-electron chi connectivity index (χ3n) is 3.44. The average Bonchev–Trinajstić information content (AvgIpc) is 3.00. The Morgan fingerprint density at radius 1 is 1.11 bits per heavy atom. The van der Waals surface area contributed by atoms with Crippen molar-refractivity contribution in [3.8, 4) is 0 Å². The Hall–Kier alpha value is -3.20. The number of hydrogen-bond acceptors (Lipinski definition) is 8. The van der Waals surface area contributed by atoms with E-state index in [9.17, 15) is 18.8 Å². The molecular weight excluding hydrogens is 377 g/mol. The van der Waals surface area contributed by atoms with Crippen LogP contribution in [0.15, 0.2) is 30.3 Å². The number of thiophene rings is 1. The van der Waals surface area contributed by atoms with Gasteiger partial charge in [0.25, 0.3) is 0 Å². The van der Waals surface area contributed by atoms with Gasteiger partial charge >= 0.3 is 17.9 Å². The first-order valence-corrected chi connectivity index (χ1v) is 8.37. The summed E-state index contributed by atoms with van der Waals surface area (Å²) in [5, 5.41) is 0.0511. The maximum Gasteiger partial charge on any atom is 0.348 e. The monoisotopic (exact) mass is 393 g/mol. The van der Waals surface area contributed by atoms with Crippen LogP contribution in [0.4, 0.5) is 9.39 Å². The molecule has 1 aromatic heterocycles. The van der Waals surface area contributed by atoms with E-state index in [1.165, 1.54) is 44.6 Å². The number of carbonyl (C=O) groups excluding carboxylic acids is 3. The van der Waals surface area contributed by atoms with Crippen LogP contribution in [0, 0.1) is 5.82 Å². The Balaban J connectivity index is 2.18. The Kier molecular flexibility index (Phi) is 6.67. The van der Waals surface area contributed by atoms with Crippen molar-refractivity contribution >= 4 is 40.3 Å². The van der Waals surface area contributed by atoms with Crippen molar-refractivity contribution in [1.82, 2.24) is 0 Å². The number of anilines is 1. The molecule has 9 heteroatoms. The van der Waals surface area contributed by atoms with Gasteiger partial charge < -0.3 is 19.9 Å². The molecule has 2 aromatic rings. The second-order valence-corrected chi connectivity index (χ2v) is 6.18. The second kappa shape index (κ2) is 8.95.